The summed E-state index contributed by atoms with van der Waals surface area (Å²) in [6, 6.07) is 13.0. The van der Waals surface area contributed by atoms with Crippen molar-refractivity contribution in [1.82, 2.24) is 10.6 Å². The minimum absolute atomic E-state index is 0. The van der Waals surface area contributed by atoms with E-state index in [1.54, 1.807) is 14.0 Å². The third kappa shape index (κ3) is 13.9. The zero-order valence-electron chi connectivity index (χ0n) is 24.7. The van der Waals surface area contributed by atoms with Crippen molar-refractivity contribution in [2.45, 2.75) is 106 Å². The Bertz CT molecular complexity index is 994. The number of methoxy groups -OCH3 is 1. The molecular formula is C33H51F3N2O2. The summed E-state index contributed by atoms with van der Waals surface area (Å²) in [5.41, 5.74) is 3.49. The quantitative estimate of drug-likeness (QED) is 0.302. The molecule has 1 unspecified atom stereocenters. The molecule has 226 valence electrons. The van der Waals surface area contributed by atoms with Gasteiger partial charge in [-0.3, -0.25) is 0 Å². The molecule has 3 rings (SSSR count). The molecule has 0 amide bonds. The molecule has 0 aromatic heterocycles. The van der Waals surface area contributed by atoms with Crippen molar-refractivity contribution < 1.29 is 22.7 Å². The van der Waals surface area contributed by atoms with E-state index in [2.05, 4.69) is 31.4 Å². The number of Topliss-reactive ketones (excluding diaryl/α,β-unsaturated/α-hetero) is 1. The maximum absolute atomic E-state index is 12.4. The second kappa shape index (κ2) is 19.2. The lowest BCUT2D eigenvalue weighted by Crippen LogP contribution is -2.23. The monoisotopic (exact) mass is 564 g/mol. The first-order valence-corrected chi connectivity index (χ1v) is 14.0. The van der Waals surface area contributed by atoms with Gasteiger partial charge in [0.05, 0.1) is 12.7 Å². The molecule has 0 spiro atoms. The van der Waals surface area contributed by atoms with Gasteiger partial charge in [0.25, 0.3) is 0 Å². The number of nitrogens with one attached hydrogen (secondary N) is 2. The van der Waals surface area contributed by atoms with Crippen LogP contribution >= 0.6 is 0 Å². The molecule has 0 radical (unpaired) electrons. The van der Waals surface area contributed by atoms with Gasteiger partial charge in [0, 0.05) is 17.8 Å². The number of benzene rings is 2. The molecule has 0 aliphatic carbocycles. The van der Waals surface area contributed by atoms with Gasteiger partial charge in [-0.15, -0.1) is 0 Å². The molecule has 4 nitrogen and oxygen atoms in total. The van der Waals surface area contributed by atoms with Crippen LogP contribution in [-0.4, -0.2) is 12.9 Å². The van der Waals surface area contributed by atoms with Crippen molar-refractivity contribution >= 4 is 5.78 Å². The molecule has 1 aliphatic rings. The Morgan fingerprint density at radius 3 is 1.90 bits per heavy atom. The largest absolute Gasteiger partial charge is 0.497 e. The summed E-state index contributed by atoms with van der Waals surface area (Å²) in [7, 11) is 1.64. The normalized spacial score (nSPS) is 14.1. The molecule has 2 aromatic rings. The van der Waals surface area contributed by atoms with Crippen molar-refractivity contribution in [2.75, 3.05) is 7.11 Å². The number of carbonyl (C=O) groups is 1. The Hall–Kier alpha value is -2.96. The Morgan fingerprint density at radius 2 is 1.50 bits per heavy atom. The topological polar surface area (TPSA) is 50.4 Å². The Morgan fingerprint density at radius 1 is 0.950 bits per heavy atom. The number of allylic oxidation sites excluding steroid dienone is 2. The van der Waals surface area contributed by atoms with E-state index >= 15 is 0 Å². The van der Waals surface area contributed by atoms with E-state index in [-0.39, 0.29) is 19.4 Å². The van der Waals surface area contributed by atoms with Crippen molar-refractivity contribution in [2.24, 2.45) is 5.92 Å². The zero-order valence-corrected chi connectivity index (χ0v) is 24.7. The number of halogens is 3. The smallest absolute Gasteiger partial charge is 0.416 e. The number of rotatable bonds is 10. The van der Waals surface area contributed by atoms with Crippen LogP contribution in [0.1, 0.15) is 110 Å². The number of hydrogen-bond acceptors (Lipinski definition) is 4. The van der Waals surface area contributed by atoms with E-state index < -0.39 is 11.7 Å². The third-order valence-corrected chi connectivity index (χ3v) is 6.54. The van der Waals surface area contributed by atoms with Gasteiger partial charge in [0.1, 0.15) is 17.7 Å². The molecule has 2 aromatic carbocycles. The minimum Gasteiger partial charge on any atom is -0.497 e. The van der Waals surface area contributed by atoms with E-state index in [0.717, 1.165) is 53.6 Å². The number of alkyl halides is 3. The van der Waals surface area contributed by atoms with Crippen molar-refractivity contribution in [3.63, 3.8) is 0 Å². The summed E-state index contributed by atoms with van der Waals surface area (Å²) in [6.07, 6.45) is 3.41. The number of ether oxygens (including phenoxy) is 1. The van der Waals surface area contributed by atoms with Crippen molar-refractivity contribution in [1.29, 1.82) is 0 Å². The van der Waals surface area contributed by atoms with E-state index in [0.29, 0.717) is 6.42 Å². The van der Waals surface area contributed by atoms with Crippen LogP contribution in [0.15, 0.2) is 59.9 Å². The van der Waals surface area contributed by atoms with Gasteiger partial charge >= 0.3 is 6.18 Å². The van der Waals surface area contributed by atoms with Crippen molar-refractivity contribution in [3.8, 4) is 5.75 Å². The first-order chi connectivity index (χ1) is 18.4. The van der Waals surface area contributed by atoms with Crippen LogP contribution in [0.25, 0.3) is 0 Å². The summed E-state index contributed by atoms with van der Waals surface area (Å²) in [6.45, 7) is 12.5. The van der Waals surface area contributed by atoms with Crippen LogP contribution in [0, 0.1) is 5.92 Å². The predicted molar refractivity (Wildman–Crippen MR) is 161 cm³/mol. The van der Waals surface area contributed by atoms with Gasteiger partial charge in [0.15, 0.2) is 0 Å². The standard InChI is InChI=1S/C13H15F3N2.C11H14O2.C8H18.CH4/c1-3-11-8(2)17-12(18-11)9-4-6-10(7-5-9)13(14,15)16;1-9(12)3-4-10-5-7-11(13-2)8-6-10;1-4-6-8(3)7-5-2;/h4-7,12,17-18H,3H2,1-2H3;5-8H,3-4H2,1-2H3;8H,4-7H2,1-3H3;1H4. The second-order valence-corrected chi connectivity index (χ2v) is 10.0. The Balaban J connectivity index is 0.000000610. The Kier molecular flexibility index (Phi) is 17.8. The molecule has 1 aliphatic heterocycles. The molecule has 0 fully saturated rings. The highest BCUT2D eigenvalue weighted by Crippen LogP contribution is 2.30. The number of carbonyl (C=O) groups excluding carboxylic acids is 1. The second-order valence-electron chi connectivity index (χ2n) is 10.0. The van der Waals surface area contributed by atoms with Crippen LogP contribution < -0.4 is 15.4 Å². The van der Waals surface area contributed by atoms with E-state index in [9.17, 15) is 18.0 Å². The fourth-order valence-electron chi connectivity index (χ4n) is 4.26. The highest BCUT2D eigenvalue weighted by Gasteiger charge is 2.30. The number of ketones is 1. The molecule has 0 bridgehead atoms. The van der Waals surface area contributed by atoms with Crippen LogP contribution in [-0.2, 0) is 17.4 Å². The van der Waals surface area contributed by atoms with Gasteiger partial charge in [-0.2, -0.15) is 13.2 Å². The van der Waals surface area contributed by atoms with Gasteiger partial charge < -0.3 is 20.2 Å². The first-order valence-electron chi connectivity index (χ1n) is 14.0. The third-order valence-electron chi connectivity index (χ3n) is 6.54. The van der Waals surface area contributed by atoms with Gasteiger partial charge in [0.2, 0.25) is 0 Å². The molecule has 0 saturated heterocycles. The molecule has 1 atom stereocenters. The van der Waals surface area contributed by atoms with E-state index in [4.69, 9.17) is 4.74 Å². The lowest BCUT2D eigenvalue weighted by atomic mass is 10.0. The highest BCUT2D eigenvalue weighted by atomic mass is 19.4. The fourth-order valence-corrected chi connectivity index (χ4v) is 4.26. The molecule has 7 heteroatoms. The maximum Gasteiger partial charge on any atom is 0.416 e. The SMILES string of the molecule is C.CCC1=C(C)NC(c2ccc(C(F)(F)F)cc2)N1.CCCC(C)CCC.COc1ccc(CCC(C)=O)cc1. The zero-order chi connectivity index (χ0) is 29.4. The molecule has 40 heavy (non-hydrogen) atoms. The van der Waals surface area contributed by atoms with E-state index in [1.165, 1.54) is 43.4 Å². The summed E-state index contributed by atoms with van der Waals surface area (Å²) >= 11 is 0. The fraction of sp³-hybridized carbons (Fsp3) is 0.545. The van der Waals surface area contributed by atoms with Gasteiger partial charge in [-0.25, -0.2) is 0 Å². The summed E-state index contributed by atoms with van der Waals surface area (Å²) in [4.78, 5) is 10.7. The van der Waals surface area contributed by atoms with E-state index in [1.807, 2.05) is 38.1 Å². The summed E-state index contributed by atoms with van der Waals surface area (Å²) in [5, 5.41) is 6.47. The molecule has 1 heterocycles. The summed E-state index contributed by atoms with van der Waals surface area (Å²) in [5.74, 6) is 2.05. The van der Waals surface area contributed by atoms with Crippen LogP contribution in [0.3, 0.4) is 0 Å². The van der Waals surface area contributed by atoms with Crippen LogP contribution in [0.5, 0.6) is 5.75 Å². The molecule has 2 N–H and O–H groups in total. The van der Waals surface area contributed by atoms with Crippen LogP contribution in [0.4, 0.5) is 13.2 Å². The summed E-state index contributed by atoms with van der Waals surface area (Å²) < 4.78 is 42.3. The van der Waals surface area contributed by atoms with Gasteiger partial charge in [-0.05, 0) is 68.0 Å². The minimum atomic E-state index is -4.28. The average Bonchev–Trinajstić information content (AvgIpc) is 3.29. The maximum atomic E-state index is 12.4. The number of hydrogen-bond donors (Lipinski definition) is 2. The van der Waals surface area contributed by atoms with Crippen molar-refractivity contribution in [3.05, 3.63) is 76.6 Å². The lowest BCUT2D eigenvalue weighted by molar-refractivity contribution is -0.137. The molecule has 0 saturated carbocycles. The van der Waals surface area contributed by atoms with Crippen LogP contribution in [0.2, 0.25) is 0 Å². The van der Waals surface area contributed by atoms with Gasteiger partial charge in [-0.1, -0.05) is 85.1 Å². The number of aryl methyl sites for hydroxylation is 1. The molecular weight excluding hydrogens is 513 g/mol. The lowest BCUT2D eigenvalue weighted by Gasteiger charge is -2.15. The first kappa shape index (κ1) is 37.0. The Labute approximate surface area is 240 Å². The highest BCUT2D eigenvalue weighted by molar-refractivity contribution is 5.75. The average molecular weight is 565 g/mol. The predicted octanol–water partition coefficient (Wildman–Crippen LogP) is 9.61.